The smallest absolute Gasteiger partial charge is 0.472 e. The maximum absolute atomic E-state index is 12.6. The Bertz CT molecular complexity index is 1050. The minimum absolute atomic E-state index is 0.0446. The predicted octanol–water partition coefficient (Wildman–Crippen LogP) is 0.504. The molecule has 0 aliphatic rings. The number of anilines is 1. The van der Waals surface area contributed by atoms with Gasteiger partial charge >= 0.3 is 31.9 Å². The first-order valence-corrected chi connectivity index (χ1v) is 12.5. The maximum atomic E-state index is 12.6. The number of ether oxygens (including phenoxy) is 2. The van der Waals surface area contributed by atoms with Crippen molar-refractivity contribution >= 4 is 43.7 Å². The minimum atomic E-state index is -4.99. The Hall–Kier alpha value is -3.79. The Labute approximate surface area is 216 Å². The second-order valence-corrected chi connectivity index (χ2v) is 8.79. The molecule has 0 aliphatic carbocycles. The SMILES string of the molecule is CCCOC(=O)N(C)c1ncccc1CN(CC(=O)N[C@@H](CCC(=O)O)C(=O)O)C(=O)OCOP(=O)(O)O. The van der Waals surface area contributed by atoms with E-state index >= 15 is 0 Å². The number of phosphoric ester groups is 1. The van der Waals surface area contributed by atoms with E-state index in [0.717, 1.165) is 9.80 Å². The fraction of sp³-hybridized carbons (Fsp3) is 0.500. The van der Waals surface area contributed by atoms with Crippen molar-refractivity contribution in [2.75, 3.05) is 31.9 Å². The lowest BCUT2D eigenvalue weighted by molar-refractivity contribution is -0.143. The number of aliphatic carboxylic acids is 2. The van der Waals surface area contributed by atoms with Crippen LogP contribution in [0.25, 0.3) is 0 Å². The monoisotopic (exact) mass is 564 g/mol. The number of carbonyl (C=O) groups excluding carboxylic acids is 3. The van der Waals surface area contributed by atoms with E-state index in [1.807, 2.05) is 0 Å². The first kappa shape index (κ1) is 32.2. The van der Waals surface area contributed by atoms with Gasteiger partial charge in [0, 0.05) is 25.2 Å². The van der Waals surface area contributed by atoms with Gasteiger partial charge in [-0.15, -0.1) is 0 Å². The highest BCUT2D eigenvalue weighted by Gasteiger charge is 2.27. The summed E-state index contributed by atoms with van der Waals surface area (Å²) in [4.78, 5) is 83.0. The summed E-state index contributed by atoms with van der Waals surface area (Å²) >= 11 is 0. The molecule has 1 rings (SSSR count). The minimum Gasteiger partial charge on any atom is -0.481 e. The fourth-order valence-corrected chi connectivity index (χ4v) is 2.98. The number of hydrogen-bond donors (Lipinski definition) is 5. The van der Waals surface area contributed by atoms with Crippen LogP contribution in [0, 0.1) is 0 Å². The largest absolute Gasteiger partial charge is 0.481 e. The van der Waals surface area contributed by atoms with Crippen LogP contribution in [-0.4, -0.2) is 93.0 Å². The van der Waals surface area contributed by atoms with E-state index in [9.17, 15) is 33.6 Å². The lowest BCUT2D eigenvalue weighted by Gasteiger charge is -2.25. The van der Waals surface area contributed by atoms with Crippen molar-refractivity contribution in [2.45, 2.75) is 38.8 Å². The summed E-state index contributed by atoms with van der Waals surface area (Å²) in [7, 11) is -3.64. The van der Waals surface area contributed by atoms with Crippen LogP contribution >= 0.6 is 7.82 Å². The Morgan fingerprint density at radius 3 is 2.39 bits per heavy atom. The Balaban J connectivity index is 3.14. The van der Waals surface area contributed by atoms with Crippen molar-refractivity contribution in [1.29, 1.82) is 0 Å². The van der Waals surface area contributed by atoms with Crippen molar-refractivity contribution in [3.05, 3.63) is 23.9 Å². The van der Waals surface area contributed by atoms with Crippen LogP contribution in [0.2, 0.25) is 0 Å². The normalized spacial score (nSPS) is 11.7. The number of phosphoric acid groups is 1. The zero-order valence-electron chi connectivity index (χ0n) is 20.5. The van der Waals surface area contributed by atoms with Crippen LogP contribution in [0.4, 0.5) is 15.4 Å². The van der Waals surface area contributed by atoms with E-state index < -0.39 is 76.6 Å². The fourth-order valence-electron chi connectivity index (χ4n) is 2.79. The molecule has 1 heterocycles. The zero-order valence-corrected chi connectivity index (χ0v) is 21.4. The molecule has 0 bridgehead atoms. The number of pyridine rings is 1. The van der Waals surface area contributed by atoms with Gasteiger partial charge in [-0.2, -0.15) is 0 Å². The summed E-state index contributed by atoms with van der Waals surface area (Å²) in [5.74, 6) is -3.77. The number of hydrogen-bond acceptors (Lipinski definition) is 10. The molecule has 38 heavy (non-hydrogen) atoms. The van der Waals surface area contributed by atoms with E-state index in [1.54, 1.807) is 6.92 Å². The number of nitrogens with zero attached hydrogens (tertiary/aromatic N) is 3. The van der Waals surface area contributed by atoms with Gasteiger partial charge in [-0.05, 0) is 18.9 Å². The number of amides is 3. The Kier molecular flexibility index (Phi) is 13.1. The van der Waals surface area contributed by atoms with Gasteiger partial charge in [0.25, 0.3) is 0 Å². The third-order valence-corrected chi connectivity index (χ3v) is 4.97. The Morgan fingerprint density at radius 2 is 1.82 bits per heavy atom. The third-order valence-electron chi connectivity index (χ3n) is 4.53. The van der Waals surface area contributed by atoms with E-state index in [-0.39, 0.29) is 18.0 Å². The molecule has 0 spiro atoms. The standard InChI is InChI=1S/C20H29N4O13P/c1-3-9-35-19(30)23(2)17-13(5-4-8-21-17)10-24(20(31)36-12-37-38(32,33)34)11-15(25)22-14(18(28)29)6-7-16(26)27/h4-5,8,14H,3,6-7,9-12H2,1-2H3,(H,22,25)(H,26,27)(H,28,29)(H2,32,33,34)/t14-/m0/s1. The summed E-state index contributed by atoms with van der Waals surface area (Å²) in [6.45, 7) is -0.523. The number of aromatic nitrogens is 1. The molecule has 0 aliphatic heterocycles. The highest BCUT2D eigenvalue weighted by Crippen LogP contribution is 2.35. The maximum Gasteiger partial charge on any atom is 0.472 e. The molecule has 0 saturated carbocycles. The average molecular weight is 564 g/mol. The van der Waals surface area contributed by atoms with Crippen molar-refractivity contribution in [3.63, 3.8) is 0 Å². The van der Waals surface area contributed by atoms with Crippen molar-refractivity contribution < 1.29 is 62.5 Å². The van der Waals surface area contributed by atoms with Crippen LogP contribution in [0.3, 0.4) is 0 Å². The summed E-state index contributed by atoms with van der Waals surface area (Å²) < 4.78 is 24.6. The number of carboxylic acid groups (broad SMARTS) is 2. The highest BCUT2D eigenvalue weighted by molar-refractivity contribution is 7.46. The molecule has 3 amide bonds. The quantitative estimate of drug-likeness (QED) is 0.144. The molecule has 0 saturated heterocycles. The van der Waals surface area contributed by atoms with Crippen LogP contribution in [-0.2, 0) is 39.5 Å². The molecule has 18 heteroatoms. The second kappa shape index (κ2) is 15.5. The molecule has 17 nitrogen and oxygen atoms in total. The molecule has 0 radical (unpaired) electrons. The molecule has 212 valence electrons. The van der Waals surface area contributed by atoms with E-state index in [4.69, 9.17) is 19.6 Å². The molecule has 1 aromatic rings. The Morgan fingerprint density at radius 1 is 1.13 bits per heavy atom. The molecule has 0 unspecified atom stereocenters. The number of rotatable bonds is 15. The zero-order chi connectivity index (χ0) is 28.9. The molecule has 5 N–H and O–H groups in total. The van der Waals surface area contributed by atoms with Gasteiger partial charge < -0.3 is 34.8 Å². The highest BCUT2D eigenvalue weighted by atomic mass is 31.2. The molecule has 1 atom stereocenters. The summed E-state index contributed by atoms with van der Waals surface area (Å²) in [5, 5.41) is 20.1. The van der Waals surface area contributed by atoms with Crippen LogP contribution in [0.5, 0.6) is 0 Å². The van der Waals surface area contributed by atoms with Crippen LogP contribution in [0.1, 0.15) is 31.7 Å². The van der Waals surface area contributed by atoms with Gasteiger partial charge in [0.15, 0.2) is 0 Å². The summed E-state index contributed by atoms with van der Waals surface area (Å²) in [5.41, 5.74) is 0.213. The average Bonchev–Trinajstić information content (AvgIpc) is 2.83. The number of carbonyl (C=O) groups is 5. The molecular weight excluding hydrogens is 535 g/mol. The van der Waals surface area contributed by atoms with Gasteiger partial charge in [0.05, 0.1) is 13.2 Å². The second-order valence-electron chi connectivity index (χ2n) is 7.55. The predicted molar refractivity (Wildman–Crippen MR) is 126 cm³/mol. The van der Waals surface area contributed by atoms with Crippen molar-refractivity contribution in [1.82, 2.24) is 15.2 Å². The van der Waals surface area contributed by atoms with Crippen molar-refractivity contribution in [2.24, 2.45) is 0 Å². The molecule has 0 aromatic carbocycles. The lowest BCUT2D eigenvalue weighted by Crippen LogP contribution is -2.47. The first-order valence-electron chi connectivity index (χ1n) is 10.9. The topological polar surface area (TPSA) is 242 Å². The van der Waals surface area contributed by atoms with Crippen LogP contribution in [0.15, 0.2) is 18.3 Å². The molecule has 0 fully saturated rings. The van der Waals surface area contributed by atoms with Gasteiger partial charge in [0.1, 0.15) is 18.4 Å². The van der Waals surface area contributed by atoms with Gasteiger partial charge in [-0.25, -0.2) is 28.5 Å². The van der Waals surface area contributed by atoms with E-state index in [2.05, 4.69) is 19.6 Å². The van der Waals surface area contributed by atoms with Gasteiger partial charge in [-0.1, -0.05) is 13.0 Å². The molecular formula is C20H29N4O13P. The van der Waals surface area contributed by atoms with Crippen molar-refractivity contribution in [3.8, 4) is 0 Å². The number of nitrogens with one attached hydrogen (secondary N) is 1. The first-order chi connectivity index (χ1) is 17.7. The lowest BCUT2D eigenvalue weighted by atomic mass is 10.1. The molecule has 1 aromatic heterocycles. The van der Waals surface area contributed by atoms with E-state index in [1.165, 1.54) is 25.4 Å². The van der Waals surface area contributed by atoms with E-state index in [0.29, 0.717) is 6.42 Å². The van der Waals surface area contributed by atoms with Crippen LogP contribution < -0.4 is 10.2 Å². The third kappa shape index (κ3) is 12.0. The van der Waals surface area contributed by atoms with Gasteiger partial charge in [-0.3, -0.25) is 19.4 Å². The van der Waals surface area contributed by atoms with Gasteiger partial charge in [0.2, 0.25) is 12.7 Å². The summed E-state index contributed by atoms with van der Waals surface area (Å²) in [6.07, 6.45) is -1.13. The summed E-state index contributed by atoms with van der Waals surface area (Å²) in [6, 6.07) is 1.35. The number of carboxylic acids is 2.